The van der Waals surface area contributed by atoms with Gasteiger partial charge in [-0.3, -0.25) is 0 Å². The van der Waals surface area contributed by atoms with E-state index in [1.807, 2.05) is 37.3 Å². The average Bonchev–Trinajstić information content (AvgIpc) is 2.39. The van der Waals surface area contributed by atoms with E-state index in [2.05, 4.69) is 6.07 Å². The number of nitriles is 1. The molecule has 0 bridgehead atoms. The average molecular weight is 237 g/mol. The van der Waals surface area contributed by atoms with Gasteiger partial charge >= 0.3 is 0 Å². The molecule has 0 aliphatic carbocycles. The fraction of sp³-hybridized carbons (Fsp3) is 0.188. The fourth-order valence-electron chi connectivity index (χ4n) is 2.01. The van der Waals surface area contributed by atoms with Gasteiger partial charge in [-0.1, -0.05) is 42.0 Å². The van der Waals surface area contributed by atoms with Gasteiger partial charge in [-0.05, 0) is 37.1 Å². The van der Waals surface area contributed by atoms with Crippen LogP contribution in [0.3, 0.4) is 0 Å². The number of aryl methyl sites for hydroxylation is 1. The van der Waals surface area contributed by atoms with E-state index in [1.54, 1.807) is 25.1 Å². The lowest BCUT2D eigenvalue weighted by Gasteiger charge is -2.25. The Morgan fingerprint density at radius 1 is 1.06 bits per heavy atom. The van der Waals surface area contributed by atoms with Crippen molar-refractivity contribution in [3.63, 3.8) is 0 Å². The zero-order valence-electron chi connectivity index (χ0n) is 10.5. The van der Waals surface area contributed by atoms with Crippen LogP contribution in [0.5, 0.6) is 0 Å². The number of rotatable bonds is 2. The molecule has 90 valence electrons. The monoisotopic (exact) mass is 237 g/mol. The summed E-state index contributed by atoms with van der Waals surface area (Å²) in [7, 11) is 0. The quantitative estimate of drug-likeness (QED) is 0.872. The lowest BCUT2D eigenvalue weighted by Crippen LogP contribution is -2.22. The normalized spacial score (nSPS) is 13.7. The van der Waals surface area contributed by atoms with Crippen molar-refractivity contribution in [2.45, 2.75) is 19.4 Å². The smallest absolute Gasteiger partial charge is 0.112 e. The van der Waals surface area contributed by atoms with Crippen molar-refractivity contribution < 1.29 is 5.11 Å². The standard InChI is InChI=1S/C16H15NO/c1-12-5-3-7-14(9-12)16(2,18)15-8-4-6-13(10-15)11-17/h3-10,18H,1-2H3. The van der Waals surface area contributed by atoms with Gasteiger partial charge < -0.3 is 5.11 Å². The maximum Gasteiger partial charge on any atom is 0.112 e. The van der Waals surface area contributed by atoms with Gasteiger partial charge in [-0.2, -0.15) is 5.26 Å². The highest BCUT2D eigenvalue weighted by Crippen LogP contribution is 2.29. The molecule has 0 heterocycles. The summed E-state index contributed by atoms with van der Waals surface area (Å²) < 4.78 is 0. The molecule has 1 atom stereocenters. The maximum absolute atomic E-state index is 10.7. The minimum absolute atomic E-state index is 0.556. The number of nitrogens with zero attached hydrogens (tertiary/aromatic N) is 1. The van der Waals surface area contributed by atoms with E-state index >= 15 is 0 Å². The molecule has 0 aliphatic heterocycles. The van der Waals surface area contributed by atoms with Crippen LogP contribution in [0.15, 0.2) is 48.5 Å². The van der Waals surface area contributed by atoms with Crippen molar-refractivity contribution in [3.8, 4) is 6.07 Å². The Labute approximate surface area is 107 Å². The molecule has 0 saturated heterocycles. The molecule has 2 nitrogen and oxygen atoms in total. The van der Waals surface area contributed by atoms with Crippen molar-refractivity contribution in [2.24, 2.45) is 0 Å². The van der Waals surface area contributed by atoms with Crippen LogP contribution in [0.2, 0.25) is 0 Å². The van der Waals surface area contributed by atoms with Crippen molar-refractivity contribution in [2.75, 3.05) is 0 Å². The van der Waals surface area contributed by atoms with Crippen LogP contribution >= 0.6 is 0 Å². The Bertz CT molecular complexity index is 608. The van der Waals surface area contributed by atoms with E-state index in [0.29, 0.717) is 5.56 Å². The molecule has 0 fully saturated rings. The molecule has 2 heteroatoms. The Morgan fingerprint density at radius 2 is 1.67 bits per heavy atom. The van der Waals surface area contributed by atoms with Crippen LogP contribution in [-0.2, 0) is 5.60 Å². The summed E-state index contributed by atoms with van der Waals surface area (Å²) >= 11 is 0. The van der Waals surface area contributed by atoms with Crippen molar-refractivity contribution in [3.05, 3.63) is 70.8 Å². The van der Waals surface area contributed by atoms with E-state index < -0.39 is 5.60 Å². The van der Waals surface area contributed by atoms with Gasteiger partial charge in [0.2, 0.25) is 0 Å². The number of hydrogen-bond donors (Lipinski definition) is 1. The van der Waals surface area contributed by atoms with Gasteiger partial charge in [-0.25, -0.2) is 0 Å². The summed E-state index contributed by atoms with van der Waals surface area (Å²) in [6.45, 7) is 3.74. The third-order valence-corrected chi connectivity index (χ3v) is 3.13. The summed E-state index contributed by atoms with van der Waals surface area (Å²) in [5.74, 6) is 0. The number of aliphatic hydroxyl groups is 1. The topological polar surface area (TPSA) is 44.0 Å². The van der Waals surface area contributed by atoms with Gasteiger partial charge in [-0.15, -0.1) is 0 Å². The first-order valence-corrected chi connectivity index (χ1v) is 5.84. The Balaban J connectivity index is 2.50. The van der Waals surface area contributed by atoms with Gasteiger partial charge in [0.25, 0.3) is 0 Å². The Morgan fingerprint density at radius 3 is 2.28 bits per heavy atom. The van der Waals surface area contributed by atoms with Crippen molar-refractivity contribution >= 4 is 0 Å². The van der Waals surface area contributed by atoms with Crippen LogP contribution in [-0.4, -0.2) is 5.11 Å². The number of hydrogen-bond acceptors (Lipinski definition) is 2. The maximum atomic E-state index is 10.7. The van der Waals surface area contributed by atoms with E-state index in [-0.39, 0.29) is 0 Å². The van der Waals surface area contributed by atoms with Gasteiger partial charge in [0, 0.05) is 0 Å². The van der Waals surface area contributed by atoms with Crippen LogP contribution in [0, 0.1) is 18.3 Å². The van der Waals surface area contributed by atoms with Crippen LogP contribution < -0.4 is 0 Å². The first-order valence-electron chi connectivity index (χ1n) is 5.84. The molecule has 0 aliphatic rings. The fourth-order valence-corrected chi connectivity index (χ4v) is 2.01. The molecule has 1 N–H and O–H groups in total. The molecular weight excluding hydrogens is 222 g/mol. The molecule has 0 spiro atoms. The van der Waals surface area contributed by atoms with Crippen molar-refractivity contribution in [1.82, 2.24) is 0 Å². The summed E-state index contributed by atoms with van der Waals surface area (Å²) in [4.78, 5) is 0. The second-order valence-electron chi connectivity index (χ2n) is 4.63. The predicted octanol–water partition coefficient (Wildman–Crippen LogP) is 3.12. The third kappa shape index (κ3) is 2.27. The van der Waals surface area contributed by atoms with E-state index in [9.17, 15) is 5.11 Å². The second kappa shape index (κ2) is 4.64. The summed E-state index contributed by atoms with van der Waals surface area (Å²) in [6.07, 6.45) is 0. The molecule has 2 aromatic carbocycles. The molecular formula is C16H15NO. The van der Waals surface area contributed by atoms with Crippen LogP contribution in [0.25, 0.3) is 0 Å². The van der Waals surface area contributed by atoms with Crippen LogP contribution in [0.4, 0.5) is 0 Å². The summed E-state index contributed by atoms with van der Waals surface area (Å²) in [5.41, 5.74) is 2.13. The first-order chi connectivity index (χ1) is 8.54. The molecule has 18 heavy (non-hydrogen) atoms. The highest BCUT2D eigenvalue weighted by Gasteiger charge is 2.25. The Kier molecular flexibility index (Phi) is 3.18. The van der Waals surface area contributed by atoms with E-state index in [0.717, 1.165) is 16.7 Å². The summed E-state index contributed by atoms with van der Waals surface area (Å²) in [6, 6.07) is 16.9. The lowest BCUT2D eigenvalue weighted by atomic mass is 9.87. The highest BCUT2D eigenvalue weighted by molar-refractivity contribution is 5.41. The molecule has 2 aromatic rings. The molecule has 2 rings (SSSR count). The van der Waals surface area contributed by atoms with Gasteiger partial charge in [0.1, 0.15) is 5.60 Å². The minimum atomic E-state index is -1.08. The second-order valence-corrected chi connectivity index (χ2v) is 4.63. The largest absolute Gasteiger partial charge is 0.381 e. The van der Waals surface area contributed by atoms with E-state index in [4.69, 9.17) is 5.26 Å². The van der Waals surface area contributed by atoms with E-state index in [1.165, 1.54) is 0 Å². The first kappa shape index (κ1) is 12.3. The predicted molar refractivity (Wildman–Crippen MR) is 71.0 cm³/mol. The SMILES string of the molecule is Cc1cccc(C(C)(O)c2cccc(C#N)c2)c1. The number of benzene rings is 2. The lowest BCUT2D eigenvalue weighted by molar-refractivity contribution is 0.102. The highest BCUT2D eigenvalue weighted by atomic mass is 16.3. The molecule has 0 aromatic heterocycles. The van der Waals surface area contributed by atoms with Gasteiger partial charge in [0.15, 0.2) is 0 Å². The molecule has 0 amide bonds. The molecule has 0 saturated carbocycles. The van der Waals surface area contributed by atoms with Gasteiger partial charge in [0.05, 0.1) is 11.6 Å². The third-order valence-electron chi connectivity index (χ3n) is 3.13. The van der Waals surface area contributed by atoms with Crippen molar-refractivity contribution in [1.29, 1.82) is 5.26 Å². The summed E-state index contributed by atoms with van der Waals surface area (Å²) in [5, 5.41) is 19.6. The zero-order valence-corrected chi connectivity index (χ0v) is 10.5. The van der Waals surface area contributed by atoms with Crippen LogP contribution in [0.1, 0.15) is 29.2 Å². The minimum Gasteiger partial charge on any atom is -0.381 e. The molecule has 0 radical (unpaired) electrons. The molecule has 1 unspecified atom stereocenters. The Hall–Kier alpha value is -2.11. The zero-order chi connectivity index (χ0) is 13.2.